The Hall–Kier alpha value is -2.22. The third-order valence-electron chi connectivity index (χ3n) is 5.07. The number of anilines is 1. The molecule has 0 aromatic carbocycles. The van der Waals surface area contributed by atoms with E-state index < -0.39 is 11.5 Å². The van der Waals surface area contributed by atoms with Crippen molar-refractivity contribution in [3.8, 4) is 0 Å². The third-order valence-corrected chi connectivity index (χ3v) is 5.07. The van der Waals surface area contributed by atoms with Gasteiger partial charge in [0.2, 0.25) is 11.9 Å². The van der Waals surface area contributed by atoms with Gasteiger partial charge < -0.3 is 19.9 Å². The minimum Gasteiger partial charge on any atom is -0.392 e. The SMILES string of the molecule is Cn1cnc2nc(N3CC[C@@H](O)[C@@]4(CCCNC4=O)C3)ncc21. The average molecular weight is 316 g/mol. The minimum absolute atomic E-state index is 0.0557. The lowest BCUT2D eigenvalue weighted by molar-refractivity contribution is -0.142. The van der Waals surface area contributed by atoms with Crippen LogP contribution in [0.15, 0.2) is 12.5 Å². The second kappa shape index (κ2) is 5.16. The molecule has 2 saturated heterocycles. The fourth-order valence-corrected chi connectivity index (χ4v) is 3.67. The number of carbonyl (C=O) groups excluding carboxylic acids is 1. The Morgan fingerprint density at radius 2 is 2.30 bits per heavy atom. The van der Waals surface area contributed by atoms with Crippen LogP contribution in [0.2, 0.25) is 0 Å². The maximum atomic E-state index is 12.4. The van der Waals surface area contributed by atoms with Crippen molar-refractivity contribution in [3.05, 3.63) is 12.5 Å². The summed E-state index contributed by atoms with van der Waals surface area (Å²) in [6.45, 7) is 1.76. The summed E-state index contributed by atoms with van der Waals surface area (Å²) >= 11 is 0. The lowest BCUT2D eigenvalue weighted by Gasteiger charge is -2.46. The number of imidazole rings is 1. The van der Waals surface area contributed by atoms with Crippen molar-refractivity contribution in [2.75, 3.05) is 24.5 Å². The van der Waals surface area contributed by atoms with Gasteiger partial charge in [-0.25, -0.2) is 9.97 Å². The number of rotatable bonds is 1. The first-order chi connectivity index (χ1) is 11.1. The average Bonchev–Trinajstić information content (AvgIpc) is 2.93. The second-order valence-corrected chi connectivity index (χ2v) is 6.48. The number of amides is 1. The van der Waals surface area contributed by atoms with Crippen LogP contribution < -0.4 is 10.2 Å². The van der Waals surface area contributed by atoms with E-state index in [1.807, 2.05) is 16.5 Å². The number of fused-ring (bicyclic) bond motifs is 1. The monoisotopic (exact) mass is 316 g/mol. The molecule has 2 aromatic heterocycles. The molecule has 8 heteroatoms. The molecule has 2 aliphatic heterocycles. The molecular weight excluding hydrogens is 296 g/mol. The number of carbonyl (C=O) groups is 1. The molecule has 0 saturated carbocycles. The topological polar surface area (TPSA) is 96.2 Å². The molecule has 0 radical (unpaired) electrons. The second-order valence-electron chi connectivity index (χ2n) is 6.48. The maximum absolute atomic E-state index is 12.4. The number of nitrogens with zero attached hydrogens (tertiary/aromatic N) is 5. The molecule has 0 bridgehead atoms. The van der Waals surface area contributed by atoms with Gasteiger partial charge in [0, 0.05) is 26.7 Å². The zero-order valence-electron chi connectivity index (χ0n) is 13.1. The van der Waals surface area contributed by atoms with E-state index in [0.717, 1.165) is 11.9 Å². The smallest absolute Gasteiger partial charge is 0.230 e. The first kappa shape index (κ1) is 14.4. The predicted molar refractivity (Wildman–Crippen MR) is 83.8 cm³/mol. The van der Waals surface area contributed by atoms with Gasteiger partial charge in [-0.15, -0.1) is 0 Å². The number of nitrogens with one attached hydrogen (secondary N) is 1. The van der Waals surface area contributed by atoms with Crippen LogP contribution >= 0.6 is 0 Å². The highest BCUT2D eigenvalue weighted by Crippen LogP contribution is 2.38. The summed E-state index contributed by atoms with van der Waals surface area (Å²) in [7, 11) is 1.90. The Bertz CT molecular complexity index is 760. The number of aliphatic hydroxyl groups excluding tert-OH is 1. The van der Waals surface area contributed by atoms with E-state index in [2.05, 4.69) is 20.3 Å². The molecule has 1 spiro atoms. The molecule has 23 heavy (non-hydrogen) atoms. The van der Waals surface area contributed by atoms with Crippen molar-refractivity contribution < 1.29 is 9.90 Å². The number of aliphatic hydroxyl groups is 1. The number of hydrogen-bond donors (Lipinski definition) is 2. The lowest BCUT2D eigenvalue weighted by atomic mass is 9.71. The first-order valence-corrected chi connectivity index (χ1v) is 7.95. The summed E-state index contributed by atoms with van der Waals surface area (Å²) in [4.78, 5) is 27.6. The summed E-state index contributed by atoms with van der Waals surface area (Å²) in [6.07, 6.45) is 4.97. The van der Waals surface area contributed by atoms with Gasteiger partial charge in [-0.3, -0.25) is 4.79 Å². The molecule has 8 nitrogen and oxygen atoms in total. The highest BCUT2D eigenvalue weighted by Gasteiger charge is 2.50. The van der Waals surface area contributed by atoms with Crippen LogP contribution in [-0.2, 0) is 11.8 Å². The number of aryl methyl sites for hydroxylation is 1. The van der Waals surface area contributed by atoms with E-state index in [1.54, 1.807) is 12.5 Å². The molecule has 0 aliphatic carbocycles. The van der Waals surface area contributed by atoms with E-state index in [0.29, 0.717) is 44.1 Å². The highest BCUT2D eigenvalue weighted by atomic mass is 16.3. The largest absolute Gasteiger partial charge is 0.392 e. The molecule has 2 atom stereocenters. The lowest BCUT2D eigenvalue weighted by Crippen LogP contribution is -2.61. The zero-order valence-corrected chi connectivity index (χ0v) is 13.1. The van der Waals surface area contributed by atoms with E-state index in [1.165, 1.54) is 0 Å². The highest BCUT2D eigenvalue weighted by molar-refractivity contribution is 5.85. The van der Waals surface area contributed by atoms with Crippen molar-refractivity contribution >= 4 is 23.0 Å². The van der Waals surface area contributed by atoms with Crippen molar-refractivity contribution in [3.63, 3.8) is 0 Å². The Morgan fingerprint density at radius 3 is 3.13 bits per heavy atom. The molecule has 4 heterocycles. The van der Waals surface area contributed by atoms with Crippen LogP contribution in [0.1, 0.15) is 19.3 Å². The molecule has 2 aromatic rings. The summed E-state index contributed by atoms with van der Waals surface area (Å²) in [5, 5.41) is 13.3. The number of hydrogen-bond acceptors (Lipinski definition) is 6. The van der Waals surface area contributed by atoms with Crippen molar-refractivity contribution in [2.45, 2.75) is 25.4 Å². The summed E-state index contributed by atoms with van der Waals surface area (Å²) in [5.74, 6) is 0.515. The number of aromatic nitrogens is 4. The normalized spacial score (nSPS) is 28.3. The van der Waals surface area contributed by atoms with Gasteiger partial charge in [0.15, 0.2) is 5.65 Å². The maximum Gasteiger partial charge on any atom is 0.230 e. The fourth-order valence-electron chi connectivity index (χ4n) is 3.67. The predicted octanol–water partition coefficient (Wildman–Crippen LogP) is -0.169. The Kier molecular flexibility index (Phi) is 3.22. The third kappa shape index (κ3) is 2.16. The summed E-state index contributed by atoms with van der Waals surface area (Å²) in [5.41, 5.74) is 0.764. The number of piperidine rings is 2. The summed E-state index contributed by atoms with van der Waals surface area (Å²) in [6, 6.07) is 0. The Balaban J connectivity index is 1.67. The van der Waals surface area contributed by atoms with Gasteiger partial charge in [0.1, 0.15) is 5.52 Å². The van der Waals surface area contributed by atoms with Gasteiger partial charge in [-0.1, -0.05) is 0 Å². The summed E-state index contributed by atoms with van der Waals surface area (Å²) < 4.78 is 1.87. The van der Waals surface area contributed by atoms with Gasteiger partial charge in [0.25, 0.3) is 0 Å². The van der Waals surface area contributed by atoms with E-state index >= 15 is 0 Å². The Morgan fingerprint density at radius 1 is 1.43 bits per heavy atom. The molecular formula is C15H20N6O2. The molecule has 122 valence electrons. The van der Waals surface area contributed by atoms with Crippen LogP contribution in [0, 0.1) is 5.41 Å². The molecule has 2 aliphatic rings. The molecule has 0 unspecified atom stereocenters. The van der Waals surface area contributed by atoms with Crippen LogP contribution in [0.3, 0.4) is 0 Å². The van der Waals surface area contributed by atoms with Gasteiger partial charge in [0.05, 0.1) is 24.0 Å². The Labute approximate surface area is 133 Å². The van der Waals surface area contributed by atoms with Crippen molar-refractivity contribution in [1.82, 2.24) is 24.8 Å². The zero-order chi connectivity index (χ0) is 16.0. The quantitative estimate of drug-likeness (QED) is 0.758. The standard InChI is InChI=1S/C15H20N6O2/c1-20-9-18-12-10(20)7-17-14(19-12)21-6-3-11(22)15(8-21)4-2-5-16-13(15)23/h7,9,11,22H,2-6,8H2,1H3,(H,16,23)/t11-,15-/m1/s1. The minimum atomic E-state index is -0.751. The van der Waals surface area contributed by atoms with Crippen LogP contribution in [0.5, 0.6) is 0 Å². The van der Waals surface area contributed by atoms with E-state index in [9.17, 15) is 9.90 Å². The molecule has 1 amide bonds. The van der Waals surface area contributed by atoms with Crippen LogP contribution in [0.4, 0.5) is 5.95 Å². The first-order valence-electron chi connectivity index (χ1n) is 7.95. The molecule has 2 N–H and O–H groups in total. The van der Waals surface area contributed by atoms with Gasteiger partial charge in [-0.2, -0.15) is 4.98 Å². The van der Waals surface area contributed by atoms with E-state index in [4.69, 9.17) is 0 Å². The molecule has 4 rings (SSSR count). The van der Waals surface area contributed by atoms with Crippen LogP contribution in [0.25, 0.3) is 11.2 Å². The van der Waals surface area contributed by atoms with Crippen molar-refractivity contribution in [1.29, 1.82) is 0 Å². The van der Waals surface area contributed by atoms with Crippen LogP contribution in [-0.4, -0.2) is 56.3 Å². The molecule has 2 fully saturated rings. The van der Waals surface area contributed by atoms with Crippen molar-refractivity contribution in [2.24, 2.45) is 12.5 Å². The van der Waals surface area contributed by atoms with E-state index in [-0.39, 0.29) is 5.91 Å². The fraction of sp³-hybridized carbons (Fsp3) is 0.600. The van der Waals surface area contributed by atoms with Gasteiger partial charge >= 0.3 is 0 Å². The van der Waals surface area contributed by atoms with Gasteiger partial charge in [-0.05, 0) is 19.3 Å².